The summed E-state index contributed by atoms with van der Waals surface area (Å²) in [6.45, 7) is 1.57. The SMILES string of the molecule is CC(CSc1c([N+](=O)[O-])cnc2ccc(Br)cc12)C(=O)O. The van der Waals surface area contributed by atoms with Gasteiger partial charge in [-0.3, -0.25) is 14.9 Å². The van der Waals surface area contributed by atoms with E-state index in [9.17, 15) is 14.9 Å². The minimum absolute atomic E-state index is 0.108. The largest absolute Gasteiger partial charge is 0.481 e. The van der Waals surface area contributed by atoms with Crippen molar-refractivity contribution in [1.82, 2.24) is 4.98 Å². The van der Waals surface area contributed by atoms with Crippen molar-refractivity contribution in [3.63, 3.8) is 0 Å². The molecule has 0 radical (unpaired) electrons. The van der Waals surface area contributed by atoms with Gasteiger partial charge in [0.1, 0.15) is 6.20 Å². The van der Waals surface area contributed by atoms with Crippen molar-refractivity contribution < 1.29 is 14.8 Å². The van der Waals surface area contributed by atoms with Crippen LogP contribution in [0.1, 0.15) is 6.92 Å². The van der Waals surface area contributed by atoms with Crippen LogP contribution in [0.5, 0.6) is 0 Å². The molecular formula is C13H11BrN2O4S. The van der Waals surface area contributed by atoms with Gasteiger partial charge in [0, 0.05) is 15.6 Å². The molecule has 8 heteroatoms. The summed E-state index contributed by atoms with van der Waals surface area (Å²) in [6, 6.07) is 5.31. The normalized spacial score (nSPS) is 12.3. The van der Waals surface area contributed by atoms with Crippen molar-refractivity contribution in [1.29, 1.82) is 0 Å². The van der Waals surface area contributed by atoms with Gasteiger partial charge in [0.15, 0.2) is 0 Å². The second-order valence-corrected chi connectivity index (χ2v) is 6.39. The van der Waals surface area contributed by atoms with Crippen molar-refractivity contribution in [3.05, 3.63) is 39.0 Å². The Labute approximate surface area is 132 Å². The van der Waals surface area contributed by atoms with E-state index in [1.165, 1.54) is 18.0 Å². The molecule has 110 valence electrons. The predicted octanol–water partition coefficient (Wildman–Crippen LogP) is 3.72. The summed E-state index contributed by atoms with van der Waals surface area (Å²) in [5.74, 6) is -1.27. The molecular weight excluding hydrogens is 360 g/mol. The summed E-state index contributed by atoms with van der Waals surface area (Å²) < 4.78 is 0.783. The molecule has 1 N–H and O–H groups in total. The van der Waals surface area contributed by atoms with Crippen molar-refractivity contribution in [3.8, 4) is 0 Å². The predicted molar refractivity (Wildman–Crippen MR) is 83.6 cm³/mol. The molecule has 2 aromatic rings. The number of aliphatic carboxylic acids is 1. The maximum Gasteiger partial charge on any atom is 0.307 e. The third kappa shape index (κ3) is 3.51. The monoisotopic (exact) mass is 370 g/mol. The maximum absolute atomic E-state index is 11.2. The highest BCUT2D eigenvalue weighted by molar-refractivity contribution is 9.10. The average Bonchev–Trinajstić information content (AvgIpc) is 2.43. The fourth-order valence-corrected chi connectivity index (χ4v) is 3.21. The zero-order chi connectivity index (χ0) is 15.6. The van der Waals surface area contributed by atoms with E-state index in [-0.39, 0.29) is 11.4 Å². The molecule has 0 spiro atoms. The molecule has 0 saturated carbocycles. The van der Waals surface area contributed by atoms with E-state index in [1.807, 2.05) is 0 Å². The Hall–Kier alpha value is -1.67. The van der Waals surface area contributed by atoms with Crippen LogP contribution in [0.3, 0.4) is 0 Å². The van der Waals surface area contributed by atoms with Gasteiger partial charge < -0.3 is 5.11 Å². The molecule has 0 bridgehead atoms. The zero-order valence-corrected chi connectivity index (χ0v) is 13.3. The van der Waals surface area contributed by atoms with E-state index in [2.05, 4.69) is 20.9 Å². The molecule has 1 unspecified atom stereocenters. The van der Waals surface area contributed by atoms with Crippen LogP contribution < -0.4 is 0 Å². The van der Waals surface area contributed by atoms with Crippen LogP contribution in [0.25, 0.3) is 10.9 Å². The van der Waals surface area contributed by atoms with E-state index in [0.717, 1.165) is 4.47 Å². The van der Waals surface area contributed by atoms with Gasteiger partial charge in [0.2, 0.25) is 0 Å². The Morgan fingerprint density at radius 1 is 1.57 bits per heavy atom. The number of thioether (sulfide) groups is 1. The third-order valence-corrected chi connectivity index (χ3v) is 4.74. The van der Waals surface area contributed by atoms with E-state index in [1.54, 1.807) is 25.1 Å². The first-order chi connectivity index (χ1) is 9.90. The Balaban J connectivity index is 2.50. The highest BCUT2D eigenvalue weighted by atomic mass is 79.9. The highest BCUT2D eigenvalue weighted by Crippen LogP contribution is 2.37. The van der Waals surface area contributed by atoms with Crippen LogP contribution in [0, 0.1) is 16.0 Å². The highest BCUT2D eigenvalue weighted by Gasteiger charge is 2.21. The van der Waals surface area contributed by atoms with E-state index in [0.29, 0.717) is 15.8 Å². The van der Waals surface area contributed by atoms with Gasteiger partial charge in [-0.25, -0.2) is 4.98 Å². The Bertz CT molecular complexity index is 723. The molecule has 0 aliphatic heterocycles. The van der Waals surface area contributed by atoms with Crippen molar-refractivity contribution in [2.45, 2.75) is 11.8 Å². The average molecular weight is 371 g/mol. The summed E-state index contributed by atoms with van der Waals surface area (Å²) >= 11 is 4.50. The molecule has 0 aliphatic carbocycles. The van der Waals surface area contributed by atoms with Gasteiger partial charge in [-0.15, -0.1) is 11.8 Å². The lowest BCUT2D eigenvalue weighted by Crippen LogP contribution is -2.11. The van der Waals surface area contributed by atoms with Gasteiger partial charge in [-0.2, -0.15) is 0 Å². The number of benzene rings is 1. The van der Waals surface area contributed by atoms with Crippen LogP contribution in [-0.2, 0) is 4.79 Å². The zero-order valence-electron chi connectivity index (χ0n) is 10.9. The Morgan fingerprint density at radius 2 is 2.29 bits per heavy atom. The number of pyridine rings is 1. The minimum Gasteiger partial charge on any atom is -0.481 e. The summed E-state index contributed by atoms with van der Waals surface area (Å²) in [5.41, 5.74) is 0.525. The summed E-state index contributed by atoms with van der Waals surface area (Å²) in [4.78, 5) is 26.1. The lowest BCUT2D eigenvalue weighted by molar-refractivity contribution is -0.387. The second kappa shape index (κ2) is 6.40. The third-order valence-electron chi connectivity index (χ3n) is 2.86. The molecule has 1 aromatic heterocycles. The number of rotatable bonds is 5. The summed E-state index contributed by atoms with van der Waals surface area (Å²) in [5, 5.41) is 20.7. The standard InChI is InChI=1S/C13H11BrN2O4S/c1-7(13(17)18)6-21-12-9-4-8(14)2-3-10(9)15-5-11(12)16(19)20/h2-5,7H,6H2,1H3,(H,17,18). The minimum atomic E-state index is -0.926. The first-order valence-electron chi connectivity index (χ1n) is 5.98. The molecule has 1 heterocycles. The fraction of sp³-hybridized carbons (Fsp3) is 0.231. The molecule has 0 aliphatic rings. The first kappa shape index (κ1) is 15.7. The van der Waals surface area contributed by atoms with Crippen LogP contribution >= 0.6 is 27.7 Å². The summed E-state index contributed by atoms with van der Waals surface area (Å²) in [6.07, 6.45) is 1.21. The van der Waals surface area contributed by atoms with Crippen molar-refractivity contribution in [2.24, 2.45) is 5.92 Å². The van der Waals surface area contributed by atoms with Crippen LogP contribution in [-0.4, -0.2) is 26.7 Å². The van der Waals surface area contributed by atoms with Crippen molar-refractivity contribution >= 4 is 50.3 Å². The number of fused-ring (bicyclic) bond motifs is 1. The van der Waals surface area contributed by atoms with Gasteiger partial charge in [0.25, 0.3) is 0 Å². The quantitative estimate of drug-likeness (QED) is 0.489. The first-order valence-corrected chi connectivity index (χ1v) is 7.76. The molecule has 0 amide bonds. The number of hydrogen-bond donors (Lipinski definition) is 1. The van der Waals surface area contributed by atoms with Gasteiger partial charge in [-0.1, -0.05) is 22.9 Å². The number of halogens is 1. The number of carboxylic acids is 1. The van der Waals surface area contributed by atoms with Crippen LogP contribution in [0.4, 0.5) is 5.69 Å². The van der Waals surface area contributed by atoms with E-state index >= 15 is 0 Å². The maximum atomic E-state index is 11.2. The molecule has 0 saturated heterocycles. The van der Waals surface area contributed by atoms with E-state index < -0.39 is 16.8 Å². The topological polar surface area (TPSA) is 93.3 Å². The smallest absolute Gasteiger partial charge is 0.307 e. The second-order valence-electron chi connectivity index (χ2n) is 4.44. The molecule has 6 nitrogen and oxygen atoms in total. The van der Waals surface area contributed by atoms with Crippen LogP contribution in [0.15, 0.2) is 33.8 Å². The number of nitrogens with zero attached hydrogens (tertiary/aromatic N) is 2. The van der Waals surface area contributed by atoms with Gasteiger partial charge in [-0.05, 0) is 18.2 Å². The van der Waals surface area contributed by atoms with E-state index in [4.69, 9.17) is 5.11 Å². The fourth-order valence-electron chi connectivity index (χ4n) is 1.69. The molecule has 2 rings (SSSR count). The number of carboxylic acid groups (broad SMARTS) is 1. The number of aromatic nitrogens is 1. The molecule has 0 fully saturated rings. The van der Waals surface area contributed by atoms with Crippen molar-refractivity contribution in [2.75, 3.05) is 5.75 Å². The lowest BCUT2D eigenvalue weighted by Gasteiger charge is -2.09. The molecule has 1 atom stereocenters. The van der Waals surface area contributed by atoms with Gasteiger partial charge >= 0.3 is 11.7 Å². The van der Waals surface area contributed by atoms with Gasteiger partial charge in [0.05, 0.1) is 21.3 Å². The molecule has 1 aromatic carbocycles. The summed E-state index contributed by atoms with van der Waals surface area (Å²) in [7, 11) is 0. The van der Waals surface area contributed by atoms with Crippen LogP contribution in [0.2, 0.25) is 0 Å². The number of hydrogen-bond acceptors (Lipinski definition) is 5. The Morgan fingerprint density at radius 3 is 2.90 bits per heavy atom. The molecule has 21 heavy (non-hydrogen) atoms. The lowest BCUT2D eigenvalue weighted by atomic mass is 10.2. The Kier molecular flexibility index (Phi) is 4.79. The number of nitro groups is 1. The number of carbonyl (C=O) groups is 1.